The molecule has 1 aromatic heterocycles. The van der Waals surface area contributed by atoms with Gasteiger partial charge in [-0.3, -0.25) is 0 Å². The van der Waals surface area contributed by atoms with Gasteiger partial charge in [-0.15, -0.1) is 0 Å². The number of aromatic nitrogens is 1. The standard InChI is InChI=1S/C16H12ClFN2O/c1-21-12-3-4-13-10(8-12)6-7-19-16(13)20-11-2-5-15(18)14(17)9-11/h2-9H,1H3,(H,19,20). The number of pyridine rings is 1. The van der Waals surface area contributed by atoms with Crippen LogP contribution in [0.5, 0.6) is 5.75 Å². The van der Waals surface area contributed by atoms with Crippen LogP contribution in [-0.2, 0) is 0 Å². The summed E-state index contributed by atoms with van der Waals surface area (Å²) in [7, 11) is 1.63. The third kappa shape index (κ3) is 2.76. The second-order valence-electron chi connectivity index (χ2n) is 4.50. The lowest BCUT2D eigenvalue weighted by Crippen LogP contribution is -1.95. The molecule has 0 spiro atoms. The van der Waals surface area contributed by atoms with Crippen LogP contribution in [0, 0.1) is 5.82 Å². The van der Waals surface area contributed by atoms with Crippen molar-refractivity contribution in [1.29, 1.82) is 0 Å². The molecule has 0 fully saturated rings. The smallest absolute Gasteiger partial charge is 0.141 e. The van der Waals surface area contributed by atoms with Crippen LogP contribution >= 0.6 is 11.6 Å². The first-order valence-electron chi connectivity index (χ1n) is 6.32. The summed E-state index contributed by atoms with van der Waals surface area (Å²) in [6, 6.07) is 12.1. The van der Waals surface area contributed by atoms with Crippen molar-refractivity contribution in [1.82, 2.24) is 4.98 Å². The van der Waals surface area contributed by atoms with E-state index in [-0.39, 0.29) is 5.02 Å². The molecule has 106 valence electrons. The minimum absolute atomic E-state index is 0.0712. The number of halogens is 2. The minimum atomic E-state index is -0.446. The number of anilines is 2. The van der Waals surface area contributed by atoms with Crippen molar-refractivity contribution in [2.45, 2.75) is 0 Å². The molecule has 3 nitrogen and oxygen atoms in total. The van der Waals surface area contributed by atoms with Gasteiger partial charge in [0.15, 0.2) is 0 Å². The van der Waals surface area contributed by atoms with Crippen molar-refractivity contribution in [3.05, 3.63) is 59.5 Å². The van der Waals surface area contributed by atoms with Crippen molar-refractivity contribution in [3.8, 4) is 5.75 Å². The summed E-state index contributed by atoms with van der Waals surface area (Å²) in [6.07, 6.45) is 1.70. The fourth-order valence-corrected chi connectivity index (χ4v) is 2.27. The number of fused-ring (bicyclic) bond motifs is 1. The summed E-state index contributed by atoms with van der Waals surface area (Å²) in [6.45, 7) is 0. The largest absolute Gasteiger partial charge is 0.497 e. The van der Waals surface area contributed by atoms with Crippen molar-refractivity contribution in [3.63, 3.8) is 0 Å². The van der Waals surface area contributed by atoms with Crippen LogP contribution < -0.4 is 10.1 Å². The van der Waals surface area contributed by atoms with E-state index < -0.39 is 5.82 Å². The molecule has 0 atom stereocenters. The lowest BCUT2D eigenvalue weighted by atomic mass is 10.1. The number of nitrogens with one attached hydrogen (secondary N) is 1. The van der Waals surface area contributed by atoms with Crippen molar-refractivity contribution in [2.24, 2.45) is 0 Å². The number of nitrogens with zero attached hydrogens (tertiary/aromatic N) is 1. The van der Waals surface area contributed by atoms with Gasteiger partial charge in [0.1, 0.15) is 17.4 Å². The average Bonchev–Trinajstić information content (AvgIpc) is 2.50. The summed E-state index contributed by atoms with van der Waals surface area (Å²) in [5.74, 6) is 1.01. The topological polar surface area (TPSA) is 34.1 Å². The molecule has 0 aliphatic heterocycles. The van der Waals surface area contributed by atoms with Gasteiger partial charge in [0.25, 0.3) is 0 Å². The lowest BCUT2D eigenvalue weighted by molar-refractivity contribution is 0.415. The fraction of sp³-hybridized carbons (Fsp3) is 0.0625. The molecule has 0 saturated heterocycles. The predicted octanol–water partition coefficient (Wildman–Crippen LogP) is 4.78. The third-order valence-electron chi connectivity index (χ3n) is 3.15. The van der Waals surface area contributed by atoms with E-state index in [1.165, 1.54) is 12.1 Å². The molecule has 1 N–H and O–H groups in total. The molecule has 3 aromatic rings. The molecule has 2 aromatic carbocycles. The van der Waals surface area contributed by atoms with Gasteiger partial charge in [0.05, 0.1) is 12.1 Å². The van der Waals surface area contributed by atoms with Gasteiger partial charge in [0.2, 0.25) is 0 Å². The number of ether oxygens (including phenoxy) is 1. The average molecular weight is 303 g/mol. The molecule has 0 bridgehead atoms. The second-order valence-corrected chi connectivity index (χ2v) is 4.91. The predicted molar refractivity (Wildman–Crippen MR) is 83.0 cm³/mol. The van der Waals surface area contributed by atoms with Crippen molar-refractivity contribution < 1.29 is 9.13 Å². The van der Waals surface area contributed by atoms with Crippen LogP contribution in [0.2, 0.25) is 5.02 Å². The molecule has 1 heterocycles. The van der Waals surface area contributed by atoms with E-state index in [1.54, 1.807) is 19.4 Å². The molecular weight excluding hydrogens is 291 g/mol. The zero-order chi connectivity index (χ0) is 14.8. The number of rotatable bonds is 3. The molecule has 0 unspecified atom stereocenters. The highest BCUT2D eigenvalue weighted by Gasteiger charge is 2.06. The zero-order valence-electron chi connectivity index (χ0n) is 11.2. The highest BCUT2D eigenvalue weighted by atomic mass is 35.5. The highest BCUT2D eigenvalue weighted by Crippen LogP contribution is 2.28. The van der Waals surface area contributed by atoms with Gasteiger partial charge >= 0.3 is 0 Å². The Balaban J connectivity index is 2.02. The molecule has 0 amide bonds. The molecule has 5 heteroatoms. The minimum Gasteiger partial charge on any atom is -0.497 e. The van der Waals surface area contributed by atoms with E-state index in [9.17, 15) is 4.39 Å². The number of hydrogen-bond acceptors (Lipinski definition) is 3. The van der Waals surface area contributed by atoms with Crippen LogP contribution in [0.1, 0.15) is 0 Å². The quantitative estimate of drug-likeness (QED) is 0.756. The first kappa shape index (κ1) is 13.6. The molecule has 0 saturated carbocycles. The van der Waals surface area contributed by atoms with E-state index in [1.807, 2.05) is 24.3 Å². The SMILES string of the molecule is COc1ccc2c(Nc3ccc(F)c(Cl)c3)nccc2c1. The van der Waals surface area contributed by atoms with Crippen LogP contribution in [0.25, 0.3) is 10.8 Å². The van der Waals surface area contributed by atoms with Crippen LogP contribution in [0.4, 0.5) is 15.9 Å². The normalized spacial score (nSPS) is 10.6. The van der Waals surface area contributed by atoms with Crippen LogP contribution in [0.3, 0.4) is 0 Å². The molecule has 0 radical (unpaired) electrons. The Kier molecular flexibility index (Phi) is 3.62. The van der Waals surface area contributed by atoms with Gasteiger partial charge in [-0.2, -0.15) is 0 Å². The maximum absolute atomic E-state index is 13.2. The Morgan fingerprint density at radius 2 is 2.00 bits per heavy atom. The summed E-state index contributed by atoms with van der Waals surface area (Å²) in [4.78, 5) is 4.32. The number of hydrogen-bond donors (Lipinski definition) is 1. The van der Waals surface area contributed by atoms with Crippen LogP contribution in [0.15, 0.2) is 48.7 Å². The molecule has 0 aliphatic carbocycles. The third-order valence-corrected chi connectivity index (χ3v) is 3.44. The van der Waals surface area contributed by atoms with Gasteiger partial charge < -0.3 is 10.1 Å². The summed E-state index contributed by atoms with van der Waals surface area (Å²) < 4.78 is 18.4. The Morgan fingerprint density at radius 1 is 1.14 bits per heavy atom. The van der Waals surface area contributed by atoms with E-state index in [2.05, 4.69) is 10.3 Å². The Morgan fingerprint density at radius 3 is 2.76 bits per heavy atom. The lowest BCUT2D eigenvalue weighted by Gasteiger charge is -2.10. The number of methoxy groups -OCH3 is 1. The molecular formula is C16H12ClFN2O. The van der Waals surface area contributed by atoms with E-state index in [0.717, 1.165) is 16.5 Å². The number of benzene rings is 2. The maximum atomic E-state index is 13.2. The Hall–Kier alpha value is -2.33. The maximum Gasteiger partial charge on any atom is 0.141 e. The monoisotopic (exact) mass is 302 g/mol. The first-order valence-corrected chi connectivity index (χ1v) is 6.70. The fourth-order valence-electron chi connectivity index (χ4n) is 2.09. The Bertz CT molecular complexity index is 807. The van der Waals surface area contributed by atoms with Crippen LogP contribution in [-0.4, -0.2) is 12.1 Å². The summed E-state index contributed by atoms with van der Waals surface area (Å²) >= 11 is 5.79. The van der Waals surface area contributed by atoms with Gasteiger partial charge in [-0.1, -0.05) is 11.6 Å². The molecule has 21 heavy (non-hydrogen) atoms. The second kappa shape index (κ2) is 5.58. The van der Waals surface area contributed by atoms with E-state index in [0.29, 0.717) is 11.5 Å². The zero-order valence-corrected chi connectivity index (χ0v) is 12.0. The first-order chi connectivity index (χ1) is 10.2. The highest BCUT2D eigenvalue weighted by molar-refractivity contribution is 6.31. The van der Waals surface area contributed by atoms with E-state index >= 15 is 0 Å². The van der Waals surface area contributed by atoms with E-state index in [4.69, 9.17) is 16.3 Å². The van der Waals surface area contributed by atoms with Crippen molar-refractivity contribution >= 4 is 33.9 Å². The Labute approximate surface area is 126 Å². The molecule has 0 aliphatic rings. The van der Waals surface area contributed by atoms with Crippen molar-refractivity contribution in [2.75, 3.05) is 12.4 Å². The summed E-state index contributed by atoms with van der Waals surface area (Å²) in [5.41, 5.74) is 0.678. The van der Waals surface area contributed by atoms with Gasteiger partial charge in [0, 0.05) is 17.3 Å². The van der Waals surface area contributed by atoms with Gasteiger partial charge in [-0.05, 0) is 47.9 Å². The molecule has 3 rings (SSSR count). The summed E-state index contributed by atoms with van der Waals surface area (Å²) in [5, 5.41) is 5.16. The van der Waals surface area contributed by atoms with Gasteiger partial charge in [-0.25, -0.2) is 9.37 Å².